The Balaban J connectivity index is 1.29. The van der Waals surface area contributed by atoms with Crippen molar-refractivity contribution in [1.29, 1.82) is 0 Å². The fraction of sp³-hybridized carbons (Fsp3) is 0.379. The molecule has 0 aliphatic carbocycles. The first kappa shape index (κ1) is 24.7. The number of likely N-dealkylation sites (N-methyl/N-ethyl adjacent to an activating group) is 1. The largest absolute Gasteiger partial charge is 0.494 e. The molecule has 3 aromatic rings. The zero-order valence-electron chi connectivity index (χ0n) is 20.5. The van der Waals surface area contributed by atoms with Gasteiger partial charge in [0.15, 0.2) is 0 Å². The van der Waals surface area contributed by atoms with Gasteiger partial charge in [-0.15, -0.1) is 0 Å². The molecule has 0 bridgehead atoms. The normalized spacial score (nSPS) is 15.5. The number of amides is 2. The highest BCUT2D eigenvalue weighted by molar-refractivity contribution is 5.85. The molecule has 1 heterocycles. The molecule has 184 valence electrons. The molecule has 1 saturated heterocycles. The summed E-state index contributed by atoms with van der Waals surface area (Å²) in [6.07, 6.45) is 2.97. The summed E-state index contributed by atoms with van der Waals surface area (Å²) in [5.74, 6) is 0.823. The van der Waals surface area contributed by atoms with E-state index in [4.69, 9.17) is 4.74 Å². The highest BCUT2D eigenvalue weighted by Gasteiger charge is 2.41. The highest BCUT2D eigenvalue weighted by atomic mass is 16.5. The van der Waals surface area contributed by atoms with Crippen molar-refractivity contribution in [2.24, 2.45) is 0 Å². The number of benzene rings is 3. The summed E-state index contributed by atoms with van der Waals surface area (Å²) in [4.78, 5) is 29.4. The first-order valence-electron chi connectivity index (χ1n) is 12.5. The number of aldehydes is 1. The first-order chi connectivity index (χ1) is 17.1. The summed E-state index contributed by atoms with van der Waals surface area (Å²) < 4.78 is 5.69. The van der Waals surface area contributed by atoms with Gasteiger partial charge < -0.3 is 19.7 Å². The number of para-hydroxylation sites is 1. The molecule has 1 aliphatic heterocycles. The number of nitrogens with one attached hydrogen (secondary N) is 1. The monoisotopic (exact) mass is 473 g/mol. The molecule has 0 radical (unpaired) electrons. The molecular formula is C29H35N3O3. The van der Waals surface area contributed by atoms with Crippen molar-refractivity contribution in [3.05, 3.63) is 78.4 Å². The predicted octanol–water partition coefficient (Wildman–Crippen LogP) is 4.87. The van der Waals surface area contributed by atoms with Crippen LogP contribution in [0.15, 0.2) is 72.8 Å². The van der Waals surface area contributed by atoms with Crippen LogP contribution >= 0.6 is 0 Å². The summed E-state index contributed by atoms with van der Waals surface area (Å²) in [6, 6.07) is 24.3. The van der Waals surface area contributed by atoms with E-state index in [1.54, 1.807) is 4.90 Å². The van der Waals surface area contributed by atoms with E-state index in [1.165, 1.54) is 16.3 Å². The van der Waals surface area contributed by atoms with E-state index in [9.17, 15) is 9.59 Å². The van der Waals surface area contributed by atoms with Crippen LogP contribution in [0.25, 0.3) is 10.8 Å². The van der Waals surface area contributed by atoms with Crippen LogP contribution in [0.4, 0.5) is 4.79 Å². The maximum atomic E-state index is 13.0. The SMILES string of the molecule is CCN(C(=O)NCCCOc1ccccc1)C1(C=O)CCN(Cc2cccc3ccccc23)CC1. The van der Waals surface area contributed by atoms with Crippen LogP contribution in [0, 0.1) is 0 Å². The number of likely N-dealkylation sites (tertiary alicyclic amines) is 1. The second-order valence-electron chi connectivity index (χ2n) is 9.13. The topological polar surface area (TPSA) is 61.9 Å². The van der Waals surface area contributed by atoms with Gasteiger partial charge in [-0.3, -0.25) is 4.90 Å². The van der Waals surface area contributed by atoms with E-state index in [2.05, 4.69) is 52.7 Å². The zero-order valence-corrected chi connectivity index (χ0v) is 20.5. The number of fused-ring (bicyclic) bond motifs is 1. The van der Waals surface area contributed by atoms with E-state index in [0.29, 0.717) is 39.0 Å². The number of ether oxygens (including phenoxy) is 1. The molecule has 0 saturated carbocycles. The van der Waals surface area contributed by atoms with Crippen molar-refractivity contribution in [2.75, 3.05) is 32.8 Å². The highest BCUT2D eigenvalue weighted by Crippen LogP contribution is 2.29. The molecule has 1 aliphatic rings. The van der Waals surface area contributed by atoms with Crippen LogP contribution in [0.5, 0.6) is 5.75 Å². The van der Waals surface area contributed by atoms with E-state index in [1.807, 2.05) is 37.3 Å². The number of nitrogens with zero attached hydrogens (tertiary/aromatic N) is 2. The van der Waals surface area contributed by atoms with Gasteiger partial charge in [0.25, 0.3) is 0 Å². The van der Waals surface area contributed by atoms with Gasteiger partial charge in [0.05, 0.1) is 6.61 Å². The van der Waals surface area contributed by atoms with Crippen LogP contribution in [0.3, 0.4) is 0 Å². The molecule has 0 unspecified atom stereocenters. The quantitative estimate of drug-likeness (QED) is 0.337. The Labute approximate surface area is 207 Å². The third-order valence-corrected chi connectivity index (χ3v) is 6.92. The first-order valence-corrected chi connectivity index (χ1v) is 12.5. The molecule has 4 rings (SSSR count). The third kappa shape index (κ3) is 6.01. The lowest BCUT2D eigenvalue weighted by Crippen LogP contribution is -2.60. The molecule has 1 fully saturated rings. The van der Waals surface area contributed by atoms with Gasteiger partial charge in [0.2, 0.25) is 0 Å². The van der Waals surface area contributed by atoms with Crippen molar-refractivity contribution in [2.45, 2.75) is 38.3 Å². The van der Waals surface area contributed by atoms with Crippen LogP contribution in [-0.4, -0.2) is 60.4 Å². The summed E-state index contributed by atoms with van der Waals surface area (Å²) in [5.41, 5.74) is 0.541. The number of hydrogen-bond acceptors (Lipinski definition) is 4. The zero-order chi connectivity index (χ0) is 24.5. The molecule has 3 aromatic carbocycles. The Hall–Kier alpha value is -3.38. The Kier molecular flexibility index (Phi) is 8.37. The van der Waals surface area contributed by atoms with Crippen molar-refractivity contribution >= 4 is 23.1 Å². The minimum Gasteiger partial charge on any atom is -0.494 e. The number of rotatable bonds is 10. The Morgan fingerprint density at radius 1 is 1.03 bits per heavy atom. The second-order valence-corrected chi connectivity index (χ2v) is 9.13. The Morgan fingerprint density at radius 2 is 1.74 bits per heavy atom. The van der Waals surface area contributed by atoms with Crippen LogP contribution in [0.1, 0.15) is 31.7 Å². The molecule has 6 heteroatoms. The molecule has 0 spiro atoms. The number of urea groups is 1. The van der Waals surface area contributed by atoms with Gasteiger partial charge in [-0.1, -0.05) is 60.7 Å². The Bertz CT molecular complexity index is 1110. The van der Waals surface area contributed by atoms with E-state index < -0.39 is 5.54 Å². The lowest BCUT2D eigenvalue weighted by atomic mass is 9.86. The summed E-state index contributed by atoms with van der Waals surface area (Å²) in [6.45, 7) is 5.85. The summed E-state index contributed by atoms with van der Waals surface area (Å²) >= 11 is 0. The summed E-state index contributed by atoms with van der Waals surface area (Å²) in [7, 11) is 0. The predicted molar refractivity (Wildman–Crippen MR) is 140 cm³/mol. The smallest absolute Gasteiger partial charge is 0.318 e. The van der Waals surface area contributed by atoms with Gasteiger partial charge in [0, 0.05) is 32.7 Å². The molecule has 35 heavy (non-hydrogen) atoms. The van der Waals surface area contributed by atoms with Crippen molar-refractivity contribution < 1.29 is 14.3 Å². The van der Waals surface area contributed by atoms with E-state index >= 15 is 0 Å². The summed E-state index contributed by atoms with van der Waals surface area (Å²) in [5, 5.41) is 5.50. The van der Waals surface area contributed by atoms with Crippen molar-refractivity contribution in [3.63, 3.8) is 0 Å². The minimum absolute atomic E-state index is 0.179. The van der Waals surface area contributed by atoms with Gasteiger partial charge in [-0.05, 0) is 54.7 Å². The lowest BCUT2D eigenvalue weighted by Gasteiger charge is -2.45. The molecule has 6 nitrogen and oxygen atoms in total. The van der Waals surface area contributed by atoms with E-state index in [-0.39, 0.29) is 6.03 Å². The van der Waals surface area contributed by atoms with Crippen molar-refractivity contribution in [3.8, 4) is 5.75 Å². The maximum absolute atomic E-state index is 13.0. The average Bonchev–Trinajstić information content (AvgIpc) is 2.91. The second kappa shape index (κ2) is 11.8. The number of piperidine rings is 1. The van der Waals surface area contributed by atoms with E-state index in [0.717, 1.165) is 31.7 Å². The van der Waals surface area contributed by atoms with Gasteiger partial charge >= 0.3 is 6.03 Å². The standard InChI is InChI=1S/C29H35N3O3/c1-2-32(28(34)30-18-9-21-35-26-13-4-3-5-14-26)29(23-33)16-19-31(20-17-29)22-25-12-8-11-24-10-6-7-15-27(24)25/h3-8,10-15,23H,2,9,16-22H2,1H3,(H,30,34). The van der Waals surface area contributed by atoms with Gasteiger partial charge in [-0.2, -0.15) is 0 Å². The minimum atomic E-state index is -0.755. The van der Waals surface area contributed by atoms with Crippen LogP contribution < -0.4 is 10.1 Å². The van der Waals surface area contributed by atoms with Crippen molar-refractivity contribution in [1.82, 2.24) is 15.1 Å². The number of carbonyl (C=O) groups is 2. The molecule has 0 aromatic heterocycles. The fourth-order valence-electron chi connectivity index (χ4n) is 4.95. The molecule has 0 atom stereocenters. The lowest BCUT2D eigenvalue weighted by molar-refractivity contribution is -0.120. The molecule has 2 amide bonds. The number of carbonyl (C=O) groups excluding carboxylic acids is 2. The Morgan fingerprint density at radius 3 is 2.49 bits per heavy atom. The van der Waals surface area contributed by atoms with Crippen LogP contribution in [-0.2, 0) is 11.3 Å². The molecule has 1 N–H and O–H groups in total. The maximum Gasteiger partial charge on any atom is 0.318 e. The average molecular weight is 474 g/mol. The van der Waals surface area contributed by atoms with Gasteiger partial charge in [0.1, 0.15) is 17.6 Å². The van der Waals surface area contributed by atoms with Gasteiger partial charge in [-0.25, -0.2) is 4.79 Å². The number of hydrogen-bond donors (Lipinski definition) is 1. The van der Waals surface area contributed by atoms with Crippen LogP contribution in [0.2, 0.25) is 0 Å². The molecular weight excluding hydrogens is 438 g/mol. The third-order valence-electron chi connectivity index (χ3n) is 6.92. The fourth-order valence-corrected chi connectivity index (χ4v) is 4.95.